The number of esters is 1. The molecule has 6 heteroatoms. The van der Waals surface area contributed by atoms with Crippen LogP contribution >= 0.6 is 11.8 Å². The maximum Gasteiger partial charge on any atom is 0.338 e. The Morgan fingerprint density at radius 1 is 1.10 bits per heavy atom. The summed E-state index contributed by atoms with van der Waals surface area (Å²) in [5.74, 6) is -0.653. The van der Waals surface area contributed by atoms with E-state index >= 15 is 0 Å². The van der Waals surface area contributed by atoms with Crippen LogP contribution in [-0.4, -0.2) is 23.7 Å². The van der Waals surface area contributed by atoms with Crippen molar-refractivity contribution in [2.24, 2.45) is 0 Å². The van der Waals surface area contributed by atoms with E-state index in [1.54, 1.807) is 37.3 Å². The molecule has 1 fully saturated rings. The molecule has 0 aliphatic carbocycles. The second kappa shape index (κ2) is 8.25. The van der Waals surface area contributed by atoms with Gasteiger partial charge in [0.2, 0.25) is 0 Å². The molecular weight excluding hydrogens is 384 g/mol. The molecule has 5 nitrogen and oxygen atoms in total. The van der Waals surface area contributed by atoms with Crippen LogP contribution in [0.3, 0.4) is 0 Å². The Hall–Kier alpha value is -2.86. The molecule has 150 valence electrons. The number of hydrogen-bond acceptors (Lipinski definition) is 5. The summed E-state index contributed by atoms with van der Waals surface area (Å²) in [6.07, 6.45) is 1.81. The number of amidine groups is 1. The van der Waals surface area contributed by atoms with Crippen LogP contribution < -0.4 is 4.90 Å². The van der Waals surface area contributed by atoms with Gasteiger partial charge in [-0.25, -0.2) is 4.79 Å². The zero-order chi connectivity index (χ0) is 21.2. The average Bonchev–Trinajstić information content (AvgIpc) is 2.95. The number of ether oxygens (including phenoxy) is 1. The predicted octanol–water partition coefficient (Wildman–Crippen LogP) is 5.22. The fourth-order valence-electron chi connectivity index (χ4n) is 2.91. The van der Waals surface area contributed by atoms with Crippen molar-refractivity contribution in [3.05, 3.63) is 70.1 Å². The van der Waals surface area contributed by atoms with Gasteiger partial charge in [0.1, 0.15) is 0 Å². The van der Waals surface area contributed by atoms with Crippen LogP contribution in [0.1, 0.15) is 49.2 Å². The Balaban J connectivity index is 1.81. The Kier molecular flexibility index (Phi) is 5.94. The molecule has 1 aliphatic heterocycles. The SMILES string of the molecule is CCOC(=O)c1ccc(N2C(=N)S/C(=C\c3ccc(C(C)(C)C)cc3)C2=O)cc1. The highest BCUT2D eigenvalue weighted by Crippen LogP contribution is 2.35. The van der Waals surface area contributed by atoms with Crippen molar-refractivity contribution >= 4 is 40.6 Å². The van der Waals surface area contributed by atoms with Crippen molar-refractivity contribution in [3.63, 3.8) is 0 Å². The summed E-state index contributed by atoms with van der Waals surface area (Å²) in [6.45, 7) is 8.52. The summed E-state index contributed by atoms with van der Waals surface area (Å²) < 4.78 is 4.97. The van der Waals surface area contributed by atoms with Crippen molar-refractivity contribution in [2.75, 3.05) is 11.5 Å². The van der Waals surface area contributed by atoms with Crippen LogP contribution in [0.4, 0.5) is 5.69 Å². The molecule has 1 saturated heterocycles. The highest BCUT2D eigenvalue weighted by molar-refractivity contribution is 8.19. The molecule has 2 aromatic rings. The average molecular weight is 409 g/mol. The number of anilines is 1. The van der Waals surface area contributed by atoms with Crippen LogP contribution in [0.25, 0.3) is 6.08 Å². The number of rotatable bonds is 4. The summed E-state index contributed by atoms with van der Waals surface area (Å²) >= 11 is 1.13. The van der Waals surface area contributed by atoms with Crippen molar-refractivity contribution in [1.29, 1.82) is 5.41 Å². The number of hydrogen-bond donors (Lipinski definition) is 1. The van der Waals surface area contributed by atoms with Crippen LogP contribution in [0, 0.1) is 5.41 Å². The largest absolute Gasteiger partial charge is 0.462 e. The Morgan fingerprint density at radius 3 is 2.28 bits per heavy atom. The third kappa shape index (κ3) is 4.59. The molecule has 0 radical (unpaired) electrons. The third-order valence-electron chi connectivity index (χ3n) is 4.53. The standard InChI is InChI=1S/C23H24N2O3S/c1-5-28-21(27)16-8-12-18(13-9-16)25-20(26)19(29-22(25)24)14-15-6-10-17(11-7-15)23(2,3)4/h6-14,24H,5H2,1-4H3/b19-14-,24-22?. The molecule has 1 amide bonds. The smallest absolute Gasteiger partial charge is 0.338 e. The van der Waals surface area contributed by atoms with Crippen LogP contribution in [0.15, 0.2) is 53.4 Å². The number of carbonyl (C=O) groups excluding carboxylic acids is 2. The Labute approximate surface area is 175 Å². The number of benzene rings is 2. The van der Waals surface area contributed by atoms with E-state index in [4.69, 9.17) is 10.1 Å². The Morgan fingerprint density at radius 2 is 1.72 bits per heavy atom. The van der Waals surface area contributed by atoms with Crippen LogP contribution in [0.5, 0.6) is 0 Å². The van der Waals surface area contributed by atoms with E-state index in [9.17, 15) is 9.59 Å². The number of carbonyl (C=O) groups is 2. The molecule has 0 spiro atoms. The lowest BCUT2D eigenvalue weighted by atomic mass is 9.87. The summed E-state index contributed by atoms with van der Waals surface area (Å²) in [5.41, 5.74) is 3.17. The topological polar surface area (TPSA) is 70.5 Å². The molecule has 0 saturated carbocycles. The van der Waals surface area contributed by atoms with E-state index in [-0.39, 0.29) is 16.5 Å². The van der Waals surface area contributed by atoms with Gasteiger partial charge in [-0.3, -0.25) is 15.1 Å². The highest BCUT2D eigenvalue weighted by atomic mass is 32.2. The first-order valence-electron chi connectivity index (χ1n) is 9.41. The lowest BCUT2D eigenvalue weighted by Gasteiger charge is -2.18. The van der Waals surface area contributed by atoms with Crippen molar-refractivity contribution in [3.8, 4) is 0 Å². The Bertz CT molecular complexity index is 971. The maximum atomic E-state index is 12.9. The molecule has 0 aromatic heterocycles. The molecule has 0 unspecified atom stereocenters. The molecule has 1 aliphatic rings. The molecule has 1 heterocycles. The normalized spacial score (nSPS) is 15.9. The molecule has 2 aromatic carbocycles. The maximum absolute atomic E-state index is 12.9. The van der Waals surface area contributed by atoms with Gasteiger partial charge < -0.3 is 4.74 Å². The summed E-state index contributed by atoms with van der Waals surface area (Å²) in [7, 11) is 0. The minimum absolute atomic E-state index is 0.0677. The zero-order valence-corrected chi connectivity index (χ0v) is 17.8. The number of amides is 1. The van der Waals surface area contributed by atoms with Gasteiger partial charge in [-0.2, -0.15) is 0 Å². The molecule has 29 heavy (non-hydrogen) atoms. The van der Waals surface area contributed by atoms with E-state index in [0.29, 0.717) is 22.8 Å². The fraction of sp³-hybridized carbons (Fsp3) is 0.261. The highest BCUT2D eigenvalue weighted by Gasteiger charge is 2.33. The predicted molar refractivity (Wildman–Crippen MR) is 118 cm³/mol. The van der Waals surface area contributed by atoms with Crippen molar-refractivity contribution < 1.29 is 14.3 Å². The van der Waals surface area contributed by atoms with E-state index in [1.807, 2.05) is 12.1 Å². The first-order chi connectivity index (χ1) is 13.7. The van der Waals surface area contributed by atoms with Crippen molar-refractivity contribution in [2.45, 2.75) is 33.1 Å². The van der Waals surface area contributed by atoms with Gasteiger partial charge in [-0.15, -0.1) is 0 Å². The quantitative estimate of drug-likeness (QED) is 0.556. The van der Waals surface area contributed by atoms with E-state index in [1.165, 1.54) is 10.5 Å². The van der Waals surface area contributed by atoms with Gasteiger partial charge in [-0.1, -0.05) is 45.0 Å². The van der Waals surface area contributed by atoms with Gasteiger partial charge in [0.05, 0.1) is 22.8 Å². The third-order valence-corrected chi connectivity index (χ3v) is 5.42. The second-order valence-electron chi connectivity index (χ2n) is 7.70. The number of thioether (sulfide) groups is 1. The molecule has 0 bridgehead atoms. The molecular formula is C23H24N2O3S. The van der Waals surface area contributed by atoms with Crippen LogP contribution in [0.2, 0.25) is 0 Å². The second-order valence-corrected chi connectivity index (χ2v) is 8.73. The lowest BCUT2D eigenvalue weighted by molar-refractivity contribution is -0.113. The first-order valence-corrected chi connectivity index (χ1v) is 10.2. The number of nitrogens with zero attached hydrogens (tertiary/aromatic N) is 1. The minimum atomic E-state index is -0.407. The summed E-state index contributed by atoms with van der Waals surface area (Å²) in [5, 5.41) is 8.36. The summed E-state index contributed by atoms with van der Waals surface area (Å²) in [4.78, 5) is 26.5. The van der Waals surface area contributed by atoms with Gasteiger partial charge in [-0.05, 0) is 65.6 Å². The van der Waals surface area contributed by atoms with Gasteiger partial charge in [0.25, 0.3) is 5.91 Å². The monoisotopic (exact) mass is 408 g/mol. The summed E-state index contributed by atoms with van der Waals surface area (Å²) in [6, 6.07) is 14.6. The molecule has 1 N–H and O–H groups in total. The lowest BCUT2D eigenvalue weighted by Crippen LogP contribution is -2.28. The van der Waals surface area contributed by atoms with Crippen LogP contribution in [-0.2, 0) is 14.9 Å². The zero-order valence-electron chi connectivity index (χ0n) is 17.0. The minimum Gasteiger partial charge on any atom is -0.462 e. The van der Waals surface area contributed by atoms with E-state index in [2.05, 4.69) is 32.9 Å². The van der Waals surface area contributed by atoms with Crippen molar-refractivity contribution in [1.82, 2.24) is 0 Å². The molecule has 3 rings (SSSR count). The van der Waals surface area contributed by atoms with Gasteiger partial charge >= 0.3 is 5.97 Å². The van der Waals surface area contributed by atoms with E-state index < -0.39 is 5.97 Å². The fourth-order valence-corrected chi connectivity index (χ4v) is 3.77. The van der Waals surface area contributed by atoms with E-state index in [0.717, 1.165) is 17.3 Å². The van der Waals surface area contributed by atoms with Gasteiger partial charge in [0.15, 0.2) is 5.17 Å². The first kappa shape index (κ1) is 20.9. The molecule has 0 atom stereocenters. The number of nitrogens with one attached hydrogen (secondary N) is 1. The van der Waals surface area contributed by atoms with Gasteiger partial charge in [0, 0.05) is 0 Å².